The summed E-state index contributed by atoms with van der Waals surface area (Å²) in [6, 6.07) is 10.5. The summed E-state index contributed by atoms with van der Waals surface area (Å²) in [6.45, 7) is 0.580. The van der Waals surface area contributed by atoms with Crippen LogP contribution in [0.1, 0.15) is 36.9 Å². The topological polar surface area (TPSA) is 64.0 Å². The van der Waals surface area contributed by atoms with Gasteiger partial charge in [0.25, 0.3) is 5.56 Å². The van der Waals surface area contributed by atoms with Crippen LogP contribution in [0.25, 0.3) is 0 Å². The first-order valence-corrected chi connectivity index (χ1v) is 11.9. The Bertz CT molecular complexity index is 893. The molecule has 148 valence electrons. The first-order chi connectivity index (χ1) is 13.7. The number of aromatic nitrogens is 2. The van der Waals surface area contributed by atoms with Gasteiger partial charge in [-0.25, -0.2) is 4.98 Å². The normalized spacial score (nSPS) is 16.3. The Morgan fingerprint density at radius 2 is 2.04 bits per heavy atom. The Labute approximate surface area is 173 Å². The number of thioether (sulfide) groups is 2. The highest BCUT2D eigenvalue weighted by molar-refractivity contribution is 8.00. The van der Waals surface area contributed by atoms with E-state index >= 15 is 0 Å². The van der Waals surface area contributed by atoms with Crippen molar-refractivity contribution in [3.05, 3.63) is 51.9 Å². The lowest BCUT2D eigenvalue weighted by Gasteiger charge is -2.15. The maximum absolute atomic E-state index is 13.0. The Hall–Kier alpha value is -1.73. The van der Waals surface area contributed by atoms with Crippen LogP contribution in [0.5, 0.6) is 0 Å². The Balaban J connectivity index is 1.49. The quantitative estimate of drug-likeness (QED) is 0.555. The van der Waals surface area contributed by atoms with E-state index in [2.05, 4.69) is 17.4 Å². The number of benzene rings is 1. The van der Waals surface area contributed by atoms with Gasteiger partial charge in [0.05, 0.1) is 16.3 Å². The Morgan fingerprint density at radius 3 is 2.82 bits per heavy atom. The second-order valence-corrected chi connectivity index (χ2v) is 9.35. The fourth-order valence-corrected chi connectivity index (χ4v) is 5.68. The lowest BCUT2D eigenvalue weighted by molar-refractivity contribution is -0.119. The second kappa shape index (κ2) is 9.18. The molecule has 1 aliphatic carbocycles. The van der Waals surface area contributed by atoms with Crippen molar-refractivity contribution in [3.63, 3.8) is 0 Å². The Kier molecular flexibility index (Phi) is 6.42. The van der Waals surface area contributed by atoms with Gasteiger partial charge in [-0.1, -0.05) is 54.9 Å². The van der Waals surface area contributed by atoms with Gasteiger partial charge in [-0.3, -0.25) is 14.2 Å². The molecule has 0 spiro atoms. The van der Waals surface area contributed by atoms with E-state index in [0.717, 1.165) is 42.0 Å². The molecule has 0 unspecified atom stereocenters. The summed E-state index contributed by atoms with van der Waals surface area (Å²) >= 11 is 2.98. The number of hydrogen-bond acceptors (Lipinski definition) is 5. The largest absolute Gasteiger partial charge is 0.353 e. The SMILES string of the molecule is O=C(CSc1nc2c(c(=O)n1CCc1ccccc1)SCC2)NC1CCCC1. The average molecular weight is 416 g/mol. The third-order valence-electron chi connectivity index (χ3n) is 5.27. The minimum Gasteiger partial charge on any atom is -0.353 e. The highest BCUT2D eigenvalue weighted by Gasteiger charge is 2.23. The molecule has 0 radical (unpaired) electrons. The first kappa shape index (κ1) is 19.6. The van der Waals surface area contributed by atoms with Crippen molar-refractivity contribution in [1.82, 2.24) is 14.9 Å². The molecule has 0 saturated heterocycles. The number of carbonyl (C=O) groups is 1. The molecule has 2 aliphatic rings. The zero-order valence-electron chi connectivity index (χ0n) is 15.9. The molecular weight excluding hydrogens is 390 g/mol. The van der Waals surface area contributed by atoms with Crippen LogP contribution in [0.2, 0.25) is 0 Å². The number of nitrogens with zero attached hydrogens (tertiary/aromatic N) is 2. The van der Waals surface area contributed by atoms with Crippen molar-refractivity contribution in [1.29, 1.82) is 0 Å². The summed E-state index contributed by atoms with van der Waals surface area (Å²) in [5.74, 6) is 1.25. The van der Waals surface area contributed by atoms with Gasteiger partial charge < -0.3 is 5.32 Å². The van der Waals surface area contributed by atoms with Gasteiger partial charge in [0.2, 0.25) is 5.91 Å². The van der Waals surface area contributed by atoms with Crippen LogP contribution >= 0.6 is 23.5 Å². The molecule has 7 heteroatoms. The zero-order chi connectivity index (χ0) is 19.3. The van der Waals surface area contributed by atoms with E-state index in [-0.39, 0.29) is 11.5 Å². The highest BCUT2D eigenvalue weighted by Crippen LogP contribution is 2.29. The molecule has 1 amide bonds. The number of carbonyl (C=O) groups excluding carboxylic acids is 1. The van der Waals surface area contributed by atoms with E-state index in [9.17, 15) is 9.59 Å². The molecule has 1 aliphatic heterocycles. The Morgan fingerprint density at radius 1 is 1.25 bits per heavy atom. The lowest BCUT2D eigenvalue weighted by Crippen LogP contribution is -2.34. The second-order valence-electron chi connectivity index (χ2n) is 7.30. The van der Waals surface area contributed by atoms with E-state index in [0.29, 0.717) is 23.5 Å². The maximum Gasteiger partial charge on any atom is 0.268 e. The minimum absolute atomic E-state index is 0.0376. The summed E-state index contributed by atoms with van der Waals surface area (Å²) in [5, 5.41) is 3.78. The highest BCUT2D eigenvalue weighted by atomic mass is 32.2. The van der Waals surface area contributed by atoms with Crippen molar-refractivity contribution >= 4 is 29.4 Å². The average Bonchev–Trinajstić information content (AvgIpc) is 3.38. The van der Waals surface area contributed by atoms with E-state index in [1.54, 1.807) is 16.3 Å². The van der Waals surface area contributed by atoms with Crippen LogP contribution in [-0.4, -0.2) is 33.0 Å². The molecule has 1 aromatic heterocycles. The third kappa shape index (κ3) is 4.63. The van der Waals surface area contributed by atoms with Gasteiger partial charge in [-0.15, -0.1) is 11.8 Å². The van der Waals surface area contributed by atoms with E-state index in [1.807, 2.05) is 18.2 Å². The molecule has 28 heavy (non-hydrogen) atoms. The molecule has 1 aromatic carbocycles. The minimum atomic E-state index is 0.0376. The van der Waals surface area contributed by atoms with Crippen molar-refractivity contribution < 1.29 is 4.79 Å². The summed E-state index contributed by atoms with van der Waals surface area (Å²) in [6.07, 6.45) is 6.14. The first-order valence-electron chi connectivity index (χ1n) is 9.93. The van der Waals surface area contributed by atoms with Crippen LogP contribution in [0.4, 0.5) is 0 Å². The third-order valence-corrected chi connectivity index (χ3v) is 7.35. The van der Waals surface area contributed by atoms with Gasteiger partial charge in [0.15, 0.2) is 5.16 Å². The van der Waals surface area contributed by atoms with Crippen LogP contribution in [0.15, 0.2) is 45.2 Å². The fraction of sp³-hybridized carbons (Fsp3) is 0.476. The zero-order valence-corrected chi connectivity index (χ0v) is 17.5. The molecule has 1 N–H and O–H groups in total. The van der Waals surface area contributed by atoms with Gasteiger partial charge in [0, 0.05) is 24.8 Å². The van der Waals surface area contributed by atoms with E-state index < -0.39 is 0 Å². The fourth-order valence-electron chi connectivity index (χ4n) is 3.79. The number of amides is 1. The van der Waals surface area contributed by atoms with E-state index in [1.165, 1.54) is 30.2 Å². The predicted molar refractivity (Wildman–Crippen MR) is 114 cm³/mol. The number of fused-ring (bicyclic) bond motifs is 1. The molecule has 4 rings (SSSR count). The summed E-state index contributed by atoms with van der Waals surface area (Å²) in [7, 11) is 0. The standard InChI is InChI=1S/C21H25N3O2S2/c25-18(22-16-8-4-5-9-16)14-28-21-23-17-11-13-27-19(17)20(26)24(21)12-10-15-6-2-1-3-7-15/h1-3,6-7,16H,4-5,8-14H2,(H,22,25). The van der Waals surface area contributed by atoms with Crippen molar-refractivity contribution in [2.75, 3.05) is 11.5 Å². The van der Waals surface area contributed by atoms with Gasteiger partial charge >= 0.3 is 0 Å². The molecular formula is C21H25N3O2S2. The summed E-state index contributed by atoms with van der Waals surface area (Å²) < 4.78 is 1.76. The number of hydrogen-bond donors (Lipinski definition) is 1. The molecule has 5 nitrogen and oxygen atoms in total. The molecule has 2 aromatic rings. The number of rotatable bonds is 7. The van der Waals surface area contributed by atoms with Crippen molar-refractivity contribution in [3.8, 4) is 0 Å². The maximum atomic E-state index is 13.0. The van der Waals surface area contributed by atoms with Crippen LogP contribution in [-0.2, 0) is 24.2 Å². The van der Waals surface area contributed by atoms with Gasteiger partial charge in [0.1, 0.15) is 0 Å². The van der Waals surface area contributed by atoms with E-state index in [4.69, 9.17) is 4.98 Å². The molecule has 1 fully saturated rings. The lowest BCUT2D eigenvalue weighted by atomic mass is 10.1. The van der Waals surface area contributed by atoms with Gasteiger partial charge in [-0.05, 0) is 24.8 Å². The molecule has 1 saturated carbocycles. The van der Waals surface area contributed by atoms with Gasteiger partial charge in [-0.2, -0.15) is 0 Å². The summed E-state index contributed by atoms with van der Waals surface area (Å²) in [4.78, 5) is 30.9. The molecule has 0 atom stereocenters. The monoisotopic (exact) mass is 415 g/mol. The molecule has 2 heterocycles. The van der Waals surface area contributed by atoms with Crippen LogP contribution < -0.4 is 10.9 Å². The van der Waals surface area contributed by atoms with Crippen molar-refractivity contribution in [2.45, 2.75) is 61.2 Å². The van der Waals surface area contributed by atoms with Crippen molar-refractivity contribution in [2.24, 2.45) is 0 Å². The predicted octanol–water partition coefficient (Wildman–Crippen LogP) is 3.29. The van der Waals surface area contributed by atoms with Crippen LogP contribution in [0, 0.1) is 0 Å². The number of aryl methyl sites for hydroxylation is 2. The smallest absolute Gasteiger partial charge is 0.268 e. The van der Waals surface area contributed by atoms with Crippen LogP contribution in [0.3, 0.4) is 0 Å². The number of nitrogens with one attached hydrogen (secondary N) is 1. The summed E-state index contributed by atoms with van der Waals surface area (Å²) in [5.41, 5.74) is 2.13. The molecule has 0 bridgehead atoms.